The number of rotatable bonds is 4. The summed E-state index contributed by atoms with van der Waals surface area (Å²) in [5, 5.41) is 2.99. The molecule has 1 aliphatic rings. The lowest BCUT2D eigenvalue weighted by atomic mass is 10.1. The zero-order chi connectivity index (χ0) is 18.0. The molecule has 0 unspecified atom stereocenters. The predicted molar refractivity (Wildman–Crippen MR) is 90.0 cm³/mol. The number of anilines is 3. The summed E-state index contributed by atoms with van der Waals surface area (Å²) in [4.78, 5) is 10.9. The quantitative estimate of drug-likeness (QED) is 0.888. The van der Waals surface area contributed by atoms with Crippen LogP contribution >= 0.6 is 0 Å². The highest BCUT2D eigenvalue weighted by Gasteiger charge is 2.31. The zero-order valence-electron chi connectivity index (χ0n) is 13.7. The molecule has 1 aliphatic heterocycles. The van der Waals surface area contributed by atoms with Gasteiger partial charge in [0.2, 0.25) is 5.95 Å². The molecule has 0 bridgehead atoms. The molecule has 132 valence electrons. The van der Waals surface area contributed by atoms with Crippen molar-refractivity contribution < 1.29 is 17.9 Å². The molecule has 1 N–H and O–H groups in total. The fraction of sp³-hybridized carbons (Fsp3) is 0.294. The van der Waals surface area contributed by atoms with E-state index in [1.54, 1.807) is 6.20 Å². The highest BCUT2D eigenvalue weighted by atomic mass is 19.4. The standard InChI is InChI=1S/C17H17F3N4O/c1-11(2)24-9-3-4-12-10-21-16(23-15(12)24)22-13-5-7-14(8-6-13)25-17(18,19)20/h3-8,10-11H,9H2,1-2H3,(H,21,22,23). The van der Waals surface area contributed by atoms with E-state index in [0.717, 1.165) is 17.9 Å². The topological polar surface area (TPSA) is 50.3 Å². The van der Waals surface area contributed by atoms with Crippen molar-refractivity contribution in [1.29, 1.82) is 0 Å². The monoisotopic (exact) mass is 350 g/mol. The van der Waals surface area contributed by atoms with E-state index < -0.39 is 6.36 Å². The van der Waals surface area contributed by atoms with E-state index in [9.17, 15) is 13.2 Å². The molecule has 0 fully saturated rings. The number of nitrogens with one attached hydrogen (secondary N) is 1. The van der Waals surface area contributed by atoms with E-state index in [2.05, 4.69) is 44.8 Å². The van der Waals surface area contributed by atoms with Crippen molar-refractivity contribution in [3.63, 3.8) is 0 Å². The van der Waals surface area contributed by atoms with Gasteiger partial charge in [-0.1, -0.05) is 12.2 Å². The molecule has 0 spiro atoms. The molecule has 0 atom stereocenters. The van der Waals surface area contributed by atoms with E-state index in [-0.39, 0.29) is 11.8 Å². The summed E-state index contributed by atoms with van der Waals surface area (Å²) in [6.45, 7) is 4.93. The van der Waals surface area contributed by atoms with E-state index in [4.69, 9.17) is 0 Å². The maximum Gasteiger partial charge on any atom is 0.573 e. The number of hydrogen-bond acceptors (Lipinski definition) is 5. The first-order valence-electron chi connectivity index (χ1n) is 7.75. The van der Waals surface area contributed by atoms with Crippen LogP contribution in [0, 0.1) is 0 Å². The van der Waals surface area contributed by atoms with Crippen molar-refractivity contribution in [2.45, 2.75) is 26.3 Å². The molecule has 2 aromatic rings. The van der Waals surface area contributed by atoms with Crippen LogP contribution in [0.2, 0.25) is 0 Å². The first-order valence-corrected chi connectivity index (χ1v) is 7.75. The first-order chi connectivity index (χ1) is 11.8. The van der Waals surface area contributed by atoms with Crippen LogP contribution in [0.15, 0.2) is 36.5 Å². The Morgan fingerprint density at radius 2 is 1.92 bits per heavy atom. The Labute approximate surface area is 143 Å². The number of alkyl halides is 3. The summed E-state index contributed by atoms with van der Waals surface area (Å²) in [6.07, 6.45) is 1.04. The fourth-order valence-corrected chi connectivity index (χ4v) is 2.49. The SMILES string of the molecule is CC(C)N1CC=Cc2cnc(Nc3ccc(OC(F)(F)F)cc3)nc21. The van der Waals surface area contributed by atoms with E-state index in [1.807, 2.05) is 6.08 Å². The Balaban J connectivity index is 1.77. The number of fused-ring (bicyclic) bond motifs is 1. The van der Waals surface area contributed by atoms with E-state index in [1.165, 1.54) is 24.3 Å². The smallest absolute Gasteiger partial charge is 0.406 e. The number of hydrogen-bond donors (Lipinski definition) is 1. The van der Waals surface area contributed by atoms with Gasteiger partial charge in [0.25, 0.3) is 0 Å². The zero-order valence-corrected chi connectivity index (χ0v) is 13.7. The Bertz CT molecular complexity index is 772. The van der Waals surface area contributed by atoms with Crippen LogP contribution in [-0.4, -0.2) is 28.9 Å². The van der Waals surface area contributed by atoms with Crippen molar-refractivity contribution in [2.24, 2.45) is 0 Å². The lowest BCUT2D eigenvalue weighted by Crippen LogP contribution is -2.33. The summed E-state index contributed by atoms with van der Waals surface area (Å²) in [5.41, 5.74) is 1.50. The molecule has 5 nitrogen and oxygen atoms in total. The molecule has 8 heteroatoms. The minimum absolute atomic E-state index is 0.277. The highest BCUT2D eigenvalue weighted by molar-refractivity contribution is 5.69. The van der Waals surface area contributed by atoms with Gasteiger partial charge in [-0.2, -0.15) is 4.98 Å². The molecule has 0 amide bonds. The second kappa shape index (κ2) is 6.62. The summed E-state index contributed by atoms with van der Waals surface area (Å²) < 4.78 is 40.4. The number of benzene rings is 1. The predicted octanol–water partition coefficient (Wildman–Crippen LogP) is 4.36. The number of halogens is 3. The average molecular weight is 350 g/mol. The molecular weight excluding hydrogens is 333 g/mol. The van der Waals surface area contributed by atoms with E-state index in [0.29, 0.717) is 11.6 Å². The molecule has 0 radical (unpaired) electrons. The lowest BCUT2D eigenvalue weighted by Gasteiger charge is -2.30. The summed E-state index contributed by atoms with van der Waals surface area (Å²) in [7, 11) is 0. The van der Waals surface area contributed by atoms with Gasteiger partial charge >= 0.3 is 6.36 Å². The third kappa shape index (κ3) is 4.20. The molecule has 0 aliphatic carbocycles. The highest BCUT2D eigenvalue weighted by Crippen LogP contribution is 2.28. The molecule has 1 aromatic carbocycles. The van der Waals surface area contributed by atoms with Gasteiger partial charge in [0, 0.05) is 30.0 Å². The van der Waals surface area contributed by atoms with Gasteiger partial charge in [-0.25, -0.2) is 4.98 Å². The summed E-state index contributed by atoms with van der Waals surface area (Å²) >= 11 is 0. The largest absolute Gasteiger partial charge is 0.573 e. The van der Waals surface area contributed by atoms with Crippen LogP contribution in [0.3, 0.4) is 0 Å². The fourth-order valence-electron chi connectivity index (χ4n) is 2.49. The maximum absolute atomic E-state index is 12.2. The number of ether oxygens (including phenoxy) is 1. The Kier molecular flexibility index (Phi) is 4.52. The Morgan fingerprint density at radius 1 is 1.20 bits per heavy atom. The summed E-state index contributed by atoms with van der Waals surface area (Å²) in [5.74, 6) is 0.928. The van der Waals surface area contributed by atoms with Crippen LogP contribution in [-0.2, 0) is 0 Å². The molecule has 0 saturated heterocycles. The normalized spacial score (nSPS) is 13.8. The van der Waals surface area contributed by atoms with Crippen LogP contribution < -0.4 is 15.0 Å². The molecule has 0 saturated carbocycles. The molecular formula is C17H17F3N4O. The second-order valence-electron chi connectivity index (χ2n) is 5.82. The lowest BCUT2D eigenvalue weighted by molar-refractivity contribution is -0.274. The van der Waals surface area contributed by atoms with Crippen LogP contribution in [0.4, 0.5) is 30.6 Å². The third-order valence-electron chi connectivity index (χ3n) is 3.63. The molecule has 1 aromatic heterocycles. The summed E-state index contributed by atoms with van der Waals surface area (Å²) in [6, 6.07) is 5.70. The van der Waals surface area contributed by atoms with Crippen molar-refractivity contribution >= 4 is 23.5 Å². The van der Waals surface area contributed by atoms with Gasteiger partial charge in [0.05, 0.1) is 0 Å². The Morgan fingerprint density at radius 3 is 2.56 bits per heavy atom. The number of nitrogens with zero attached hydrogens (tertiary/aromatic N) is 3. The third-order valence-corrected chi connectivity index (χ3v) is 3.63. The van der Waals surface area contributed by atoms with Crippen LogP contribution in [0.25, 0.3) is 6.08 Å². The van der Waals surface area contributed by atoms with Gasteiger partial charge in [-0.15, -0.1) is 13.2 Å². The molecule has 2 heterocycles. The van der Waals surface area contributed by atoms with E-state index >= 15 is 0 Å². The maximum atomic E-state index is 12.2. The van der Waals surface area contributed by atoms with Crippen LogP contribution in [0.5, 0.6) is 5.75 Å². The molecule has 3 rings (SSSR count). The molecule has 25 heavy (non-hydrogen) atoms. The minimum atomic E-state index is -4.70. The minimum Gasteiger partial charge on any atom is -0.406 e. The van der Waals surface area contributed by atoms with Gasteiger partial charge < -0.3 is 15.0 Å². The van der Waals surface area contributed by atoms with Gasteiger partial charge in [0.15, 0.2) is 0 Å². The second-order valence-corrected chi connectivity index (χ2v) is 5.82. The van der Waals surface area contributed by atoms with Gasteiger partial charge in [-0.05, 0) is 38.1 Å². The first kappa shape index (κ1) is 17.1. The van der Waals surface area contributed by atoms with Crippen molar-refractivity contribution in [1.82, 2.24) is 9.97 Å². The van der Waals surface area contributed by atoms with Gasteiger partial charge in [0.1, 0.15) is 11.6 Å². The van der Waals surface area contributed by atoms with Crippen molar-refractivity contribution in [3.8, 4) is 5.75 Å². The average Bonchev–Trinajstić information content (AvgIpc) is 2.54. The van der Waals surface area contributed by atoms with Gasteiger partial charge in [-0.3, -0.25) is 0 Å². The van der Waals surface area contributed by atoms with Crippen molar-refractivity contribution in [3.05, 3.63) is 42.1 Å². The Hall–Kier alpha value is -2.77. The van der Waals surface area contributed by atoms with Crippen molar-refractivity contribution in [2.75, 3.05) is 16.8 Å². The van der Waals surface area contributed by atoms with Crippen LogP contribution in [0.1, 0.15) is 19.4 Å². The number of aromatic nitrogens is 2.